The summed E-state index contributed by atoms with van der Waals surface area (Å²) in [6, 6.07) is 9.07. The maximum Gasteiger partial charge on any atom is 0.309 e. The van der Waals surface area contributed by atoms with Gasteiger partial charge in [-0.05, 0) is 12.1 Å². The number of carbonyl (C=O) groups is 3. The number of amides is 2. The fourth-order valence-electron chi connectivity index (χ4n) is 1.37. The van der Waals surface area contributed by atoms with Crippen LogP contribution in [-0.4, -0.2) is 56.5 Å². The van der Waals surface area contributed by atoms with Crippen molar-refractivity contribution in [3.63, 3.8) is 0 Å². The van der Waals surface area contributed by atoms with E-state index in [9.17, 15) is 14.4 Å². The van der Waals surface area contributed by atoms with E-state index in [2.05, 4.69) is 5.32 Å². The molecule has 120 valence electrons. The molecule has 0 aromatic heterocycles. The number of hydrogen-bond acceptors (Lipinski definition) is 5. The molecule has 0 saturated heterocycles. The third kappa shape index (κ3) is 7.28. The van der Waals surface area contributed by atoms with E-state index in [4.69, 9.17) is 9.47 Å². The lowest BCUT2D eigenvalue weighted by molar-refractivity contribution is -0.149. The molecule has 1 rings (SSSR count). The van der Waals surface area contributed by atoms with Gasteiger partial charge >= 0.3 is 5.97 Å². The van der Waals surface area contributed by atoms with Crippen molar-refractivity contribution >= 4 is 17.8 Å². The third-order valence-corrected chi connectivity index (χ3v) is 2.62. The van der Waals surface area contributed by atoms with Gasteiger partial charge in [0.1, 0.15) is 5.75 Å². The largest absolute Gasteiger partial charge is 0.493 e. The molecular weight excluding hydrogens is 288 g/mol. The first-order valence-electron chi connectivity index (χ1n) is 6.79. The first kappa shape index (κ1) is 17.5. The summed E-state index contributed by atoms with van der Waals surface area (Å²) >= 11 is 0. The topological polar surface area (TPSA) is 84.9 Å². The second-order valence-electron chi connectivity index (χ2n) is 4.64. The molecule has 7 heteroatoms. The summed E-state index contributed by atoms with van der Waals surface area (Å²) < 4.78 is 10.1. The number of para-hydroxylation sites is 1. The smallest absolute Gasteiger partial charge is 0.309 e. The van der Waals surface area contributed by atoms with Gasteiger partial charge in [0, 0.05) is 14.1 Å². The molecule has 1 aromatic carbocycles. The fraction of sp³-hybridized carbons (Fsp3) is 0.400. The molecule has 1 N–H and O–H groups in total. The fourth-order valence-corrected chi connectivity index (χ4v) is 1.37. The van der Waals surface area contributed by atoms with E-state index in [-0.39, 0.29) is 25.5 Å². The summed E-state index contributed by atoms with van der Waals surface area (Å²) in [6.07, 6.45) is 0.0405. The SMILES string of the molecule is CN(C)C(=O)CNC(=O)COC(=O)CCOc1ccccc1. The van der Waals surface area contributed by atoms with Gasteiger partial charge in [0.15, 0.2) is 6.61 Å². The van der Waals surface area contributed by atoms with E-state index >= 15 is 0 Å². The number of esters is 1. The Labute approximate surface area is 129 Å². The Morgan fingerprint density at radius 3 is 2.45 bits per heavy atom. The molecule has 0 aliphatic heterocycles. The Kier molecular flexibility index (Phi) is 7.45. The highest BCUT2D eigenvalue weighted by molar-refractivity contribution is 5.86. The molecule has 0 aliphatic rings. The van der Waals surface area contributed by atoms with Crippen molar-refractivity contribution in [1.82, 2.24) is 10.2 Å². The highest BCUT2D eigenvalue weighted by atomic mass is 16.5. The number of nitrogens with one attached hydrogen (secondary N) is 1. The van der Waals surface area contributed by atoms with Crippen molar-refractivity contribution in [2.45, 2.75) is 6.42 Å². The Hall–Kier alpha value is -2.57. The van der Waals surface area contributed by atoms with E-state index in [0.29, 0.717) is 5.75 Å². The third-order valence-electron chi connectivity index (χ3n) is 2.62. The number of carbonyl (C=O) groups excluding carboxylic acids is 3. The van der Waals surface area contributed by atoms with Crippen molar-refractivity contribution in [2.24, 2.45) is 0 Å². The van der Waals surface area contributed by atoms with Gasteiger partial charge in [0.25, 0.3) is 5.91 Å². The minimum atomic E-state index is -0.537. The molecule has 0 heterocycles. The second kappa shape index (κ2) is 9.38. The van der Waals surface area contributed by atoms with Gasteiger partial charge in [0.05, 0.1) is 19.6 Å². The van der Waals surface area contributed by atoms with Crippen molar-refractivity contribution in [1.29, 1.82) is 0 Å². The maximum absolute atomic E-state index is 11.4. The Morgan fingerprint density at radius 2 is 1.82 bits per heavy atom. The lowest BCUT2D eigenvalue weighted by Gasteiger charge is -2.11. The zero-order valence-corrected chi connectivity index (χ0v) is 12.7. The predicted molar refractivity (Wildman–Crippen MR) is 79.2 cm³/mol. The highest BCUT2D eigenvalue weighted by Crippen LogP contribution is 2.08. The normalized spacial score (nSPS) is 9.73. The van der Waals surface area contributed by atoms with E-state index < -0.39 is 18.5 Å². The average molecular weight is 308 g/mol. The van der Waals surface area contributed by atoms with Crippen LogP contribution < -0.4 is 10.1 Å². The molecule has 2 amide bonds. The van der Waals surface area contributed by atoms with Crippen LogP contribution in [0.25, 0.3) is 0 Å². The predicted octanol–water partition coefficient (Wildman–Crippen LogP) is 0.203. The molecule has 22 heavy (non-hydrogen) atoms. The number of hydrogen-bond donors (Lipinski definition) is 1. The molecular formula is C15H20N2O5. The first-order chi connectivity index (χ1) is 10.5. The minimum absolute atomic E-state index is 0.0405. The molecule has 0 atom stereocenters. The van der Waals surface area contributed by atoms with Crippen LogP contribution in [0.15, 0.2) is 30.3 Å². The number of nitrogens with zero attached hydrogens (tertiary/aromatic N) is 1. The van der Waals surface area contributed by atoms with E-state index in [0.717, 1.165) is 0 Å². The van der Waals surface area contributed by atoms with Crippen molar-refractivity contribution in [2.75, 3.05) is 33.9 Å². The molecule has 0 unspecified atom stereocenters. The summed E-state index contributed by atoms with van der Waals surface area (Å²) in [5.74, 6) is -0.635. The van der Waals surface area contributed by atoms with Crippen molar-refractivity contribution in [3.8, 4) is 5.75 Å². The van der Waals surface area contributed by atoms with Gasteiger partial charge in [-0.2, -0.15) is 0 Å². The number of likely N-dealkylation sites (N-methyl/N-ethyl adjacent to an activating group) is 1. The standard InChI is InChI=1S/C15H20N2O5/c1-17(2)14(19)10-16-13(18)11-22-15(20)8-9-21-12-6-4-3-5-7-12/h3-7H,8-11H2,1-2H3,(H,16,18). The summed E-state index contributed by atoms with van der Waals surface area (Å²) in [5.41, 5.74) is 0. The van der Waals surface area contributed by atoms with Gasteiger partial charge < -0.3 is 19.7 Å². The van der Waals surface area contributed by atoms with Crippen LogP contribution in [0.3, 0.4) is 0 Å². The van der Waals surface area contributed by atoms with Gasteiger partial charge in [-0.3, -0.25) is 14.4 Å². The van der Waals surface area contributed by atoms with Crippen LogP contribution in [-0.2, 0) is 19.1 Å². The van der Waals surface area contributed by atoms with Crippen LogP contribution in [0.4, 0.5) is 0 Å². The summed E-state index contributed by atoms with van der Waals surface area (Å²) in [4.78, 5) is 35.4. The van der Waals surface area contributed by atoms with Crippen LogP contribution in [0, 0.1) is 0 Å². The van der Waals surface area contributed by atoms with Gasteiger partial charge in [-0.1, -0.05) is 18.2 Å². The molecule has 0 saturated carbocycles. The molecule has 0 aliphatic carbocycles. The molecule has 0 spiro atoms. The summed E-state index contributed by atoms with van der Waals surface area (Å²) in [7, 11) is 3.17. The molecule has 1 aromatic rings. The van der Waals surface area contributed by atoms with Crippen molar-refractivity contribution < 1.29 is 23.9 Å². The Morgan fingerprint density at radius 1 is 1.14 bits per heavy atom. The molecule has 7 nitrogen and oxygen atoms in total. The first-order valence-corrected chi connectivity index (χ1v) is 6.79. The van der Waals surface area contributed by atoms with Gasteiger partial charge in [-0.25, -0.2) is 0 Å². The summed E-state index contributed by atoms with van der Waals surface area (Å²) in [5, 5.41) is 2.36. The quantitative estimate of drug-likeness (QED) is 0.694. The zero-order chi connectivity index (χ0) is 16.4. The highest BCUT2D eigenvalue weighted by Gasteiger charge is 2.10. The Bertz CT molecular complexity index is 502. The van der Waals surface area contributed by atoms with Crippen LogP contribution >= 0.6 is 0 Å². The average Bonchev–Trinajstić information content (AvgIpc) is 2.51. The van der Waals surface area contributed by atoms with Crippen LogP contribution in [0.5, 0.6) is 5.75 Å². The molecule has 0 fully saturated rings. The minimum Gasteiger partial charge on any atom is -0.493 e. The number of benzene rings is 1. The zero-order valence-electron chi connectivity index (χ0n) is 12.7. The van der Waals surface area contributed by atoms with E-state index in [1.54, 1.807) is 26.2 Å². The molecule has 0 bridgehead atoms. The van der Waals surface area contributed by atoms with Gasteiger partial charge in [0.2, 0.25) is 5.91 Å². The Balaban J connectivity index is 2.12. The second-order valence-corrected chi connectivity index (χ2v) is 4.64. The molecule has 0 radical (unpaired) electrons. The number of ether oxygens (including phenoxy) is 2. The maximum atomic E-state index is 11.4. The van der Waals surface area contributed by atoms with Crippen molar-refractivity contribution in [3.05, 3.63) is 30.3 Å². The van der Waals surface area contributed by atoms with E-state index in [1.165, 1.54) is 4.90 Å². The lowest BCUT2D eigenvalue weighted by Crippen LogP contribution is -2.38. The monoisotopic (exact) mass is 308 g/mol. The van der Waals surface area contributed by atoms with Crippen LogP contribution in [0.1, 0.15) is 6.42 Å². The van der Waals surface area contributed by atoms with E-state index in [1.807, 2.05) is 18.2 Å². The van der Waals surface area contributed by atoms with Crippen LogP contribution in [0.2, 0.25) is 0 Å². The number of rotatable bonds is 8. The summed E-state index contributed by atoms with van der Waals surface area (Å²) in [6.45, 7) is -0.366. The lowest BCUT2D eigenvalue weighted by atomic mass is 10.3. The van der Waals surface area contributed by atoms with Gasteiger partial charge in [-0.15, -0.1) is 0 Å².